The molecule has 0 unspecified atom stereocenters. The third-order valence-corrected chi connectivity index (χ3v) is 6.51. The number of hydrogen-bond donors (Lipinski definition) is 1. The Kier molecular flexibility index (Phi) is 6.89. The molecule has 162 valence electrons. The highest BCUT2D eigenvalue weighted by Gasteiger charge is 2.32. The van der Waals surface area contributed by atoms with E-state index in [1.54, 1.807) is 18.4 Å². The number of hydrogen-bond acceptors (Lipinski definition) is 5. The van der Waals surface area contributed by atoms with Crippen molar-refractivity contribution in [3.05, 3.63) is 81.5 Å². The van der Waals surface area contributed by atoms with Crippen LogP contribution in [0.4, 0.5) is 5.69 Å². The first-order chi connectivity index (χ1) is 15.2. The molecule has 31 heavy (non-hydrogen) atoms. The summed E-state index contributed by atoms with van der Waals surface area (Å²) in [5.41, 5.74) is 4.60. The van der Waals surface area contributed by atoms with Crippen LogP contribution in [-0.4, -0.2) is 37.7 Å². The average molecular weight is 437 g/mol. The van der Waals surface area contributed by atoms with Crippen molar-refractivity contribution < 1.29 is 14.3 Å². The third kappa shape index (κ3) is 4.92. The summed E-state index contributed by atoms with van der Waals surface area (Å²) in [6, 6.07) is 18.6. The number of nitrogens with one attached hydrogen (secondary N) is 1. The molecule has 1 aliphatic rings. The van der Waals surface area contributed by atoms with Crippen molar-refractivity contribution in [3.8, 4) is 5.75 Å². The van der Waals surface area contributed by atoms with Crippen LogP contribution in [0.15, 0.2) is 60.0 Å². The van der Waals surface area contributed by atoms with Crippen molar-refractivity contribution in [1.29, 1.82) is 0 Å². The van der Waals surface area contributed by atoms with Crippen LogP contribution in [0.25, 0.3) is 0 Å². The first-order valence-electron chi connectivity index (χ1n) is 10.6. The SMILES string of the molecule is CCOc1ccc(CNc2ccc([C@@H]3c4ccsc4CCN3C(=O)COC)cc2)cc1. The maximum atomic E-state index is 12.7. The van der Waals surface area contributed by atoms with Crippen LogP contribution in [-0.2, 0) is 22.5 Å². The summed E-state index contributed by atoms with van der Waals surface area (Å²) in [4.78, 5) is 16.0. The molecule has 6 heteroatoms. The van der Waals surface area contributed by atoms with Gasteiger partial charge in [0.05, 0.1) is 12.6 Å². The Morgan fingerprint density at radius 1 is 1.13 bits per heavy atom. The van der Waals surface area contributed by atoms with Gasteiger partial charge in [-0.25, -0.2) is 0 Å². The number of carbonyl (C=O) groups is 1. The van der Waals surface area contributed by atoms with E-state index in [-0.39, 0.29) is 18.6 Å². The number of carbonyl (C=O) groups excluding carboxylic acids is 1. The molecule has 0 saturated heterocycles. The molecule has 2 aromatic carbocycles. The van der Waals surface area contributed by atoms with Gasteiger partial charge in [0.2, 0.25) is 5.91 Å². The minimum atomic E-state index is -0.0576. The number of methoxy groups -OCH3 is 1. The van der Waals surface area contributed by atoms with E-state index in [2.05, 4.69) is 53.2 Å². The zero-order valence-electron chi connectivity index (χ0n) is 18.0. The van der Waals surface area contributed by atoms with Gasteiger partial charge in [-0.2, -0.15) is 0 Å². The molecular weight excluding hydrogens is 408 g/mol. The average Bonchev–Trinajstić information content (AvgIpc) is 3.28. The predicted octanol–water partition coefficient (Wildman–Crippen LogP) is 4.88. The maximum absolute atomic E-state index is 12.7. The second kappa shape index (κ2) is 9.98. The molecule has 1 amide bonds. The molecule has 5 nitrogen and oxygen atoms in total. The third-order valence-electron chi connectivity index (χ3n) is 5.51. The Bertz CT molecular complexity index is 998. The van der Waals surface area contributed by atoms with Crippen molar-refractivity contribution in [3.63, 3.8) is 0 Å². The summed E-state index contributed by atoms with van der Waals surface area (Å²) < 4.78 is 10.6. The Labute approximate surface area is 187 Å². The van der Waals surface area contributed by atoms with Crippen molar-refractivity contribution in [2.45, 2.75) is 25.9 Å². The minimum Gasteiger partial charge on any atom is -0.494 e. The lowest BCUT2D eigenvalue weighted by Crippen LogP contribution is -2.41. The van der Waals surface area contributed by atoms with Crippen molar-refractivity contribution in [2.24, 2.45) is 0 Å². The summed E-state index contributed by atoms with van der Waals surface area (Å²) in [5.74, 6) is 0.922. The number of ether oxygens (including phenoxy) is 2. The Morgan fingerprint density at radius 3 is 2.61 bits per heavy atom. The molecule has 0 fully saturated rings. The van der Waals surface area contributed by atoms with Crippen LogP contribution in [0.1, 0.15) is 34.5 Å². The lowest BCUT2D eigenvalue weighted by molar-refractivity contribution is -0.137. The zero-order chi connectivity index (χ0) is 21.6. The lowest BCUT2D eigenvalue weighted by atomic mass is 9.93. The normalized spacial score (nSPS) is 15.4. The fourth-order valence-electron chi connectivity index (χ4n) is 4.01. The van der Waals surface area contributed by atoms with Gasteiger partial charge in [-0.15, -0.1) is 11.3 Å². The van der Waals surface area contributed by atoms with E-state index in [1.165, 1.54) is 16.0 Å². The van der Waals surface area contributed by atoms with E-state index in [4.69, 9.17) is 9.47 Å². The van der Waals surface area contributed by atoms with E-state index in [0.717, 1.165) is 36.5 Å². The molecule has 0 aliphatic carbocycles. The van der Waals surface area contributed by atoms with Gasteiger partial charge >= 0.3 is 0 Å². The van der Waals surface area contributed by atoms with E-state index in [0.29, 0.717) is 6.61 Å². The zero-order valence-corrected chi connectivity index (χ0v) is 18.8. The number of anilines is 1. The number of thiophene rings is 1. The monoisotopic (exact) mass is 436 g/mol. The molecule has 1 N–H and O–H groups in total. The Hall–Kier alpha value is -2.83. The number of fused-ring (bicyclic) bond motifs is 1. The van der Waals surface area contributed by atoms with E-state index in [1.807, 2.05) is 24.0 Å². The number of nitrogens with zero attached hydrogens (tertiary/aromatic N) is 1. The highest BCUT2D eigenvalue weighted by molar-refractivity contribution is 7.10. The predicted molar refractivity (Wildman–Crippen MR) is 125 cm³/mol. The summed E-state index contributed by atoms with van der Waals surface area (Å²) in [6.45, 7) is 4.22. The van der Waals surface area contributed by atoms with Gasteiger partial charge in [-0.1, -0.05) is 24.3 Å². The number of amides is 1. The van der Waals surface area contributed by atoms with Gasteiger partial charge in [0.15, 0.2) is 0 Å². The highest BCUT2D eigenvalue weighted by atomic mass is 32.1. The topological polar surface area (TPSA) is 50.8 Å². The van der Waals surface area contributed by atoms with Gasteiger partial charge in [0, 0.05) is 30.8 Å². The van der Waals surface area contributed by atoms with Gasteiger partial charge in [-0.3, -0.25) is 4.79 Å². The molecule has 1 aromatic heterocycles. The first kappa shape index (κ1) is 21.4. The number of rotatable bonds is 8. The van der Waals surface area contributed by atoms with Crippen molar-refractivity contribution >= 4 is 22.9 Å². The summed E-state index contributed by atoms with van der Waals surface area (Å²) in [7, 11) is 1.57. The minimum absolute atomic E-state index is 0.0297. The van der Waals surface area contributed by atoms with Crippen LogP contribution >= 0.6 is 11.3 Å². The van der Waals surface area contributed by atoms with Crippen LogP contribution in [0.3, 0.4) is 0 Å². The summed E-state index contributed by atoms with van der Waals surface area (Å²) >= 11 is 1.77. The second-order valence-electron chi connectivity index (χ2n) is 7.52. The van der Waals surface area contributed by atoms with E-state index < -0.39 is 0 Å². The quantitative estimate of drug-likeness (QED) is 0.547. The van der Waals surface area contributed by atoms with Crippen LogP contribution < -0.4 is 10.1 Å². The molecule has 1 atom stereocenters. The standard InChI is InChI=1S/C25H28N2O3S/c1-3-30-21-10-4-18(5-11-21)16-26-20-8-6-19(7-9-20)25-22-13-15-31-23(22)12-14-27(25)24(28)17-29-2/h4-11,13,15,25-26H,3,12,14,16-17H2,1-2H3/t25-/m1/s1. The summed E-state index contributed by atoms with van der Waals surface area (Å²) in [6.07, 6.45) is 0.903. The van der Waals surface area contributed by atoms with Gasteiger partial charge < -0.3 is 19.7 Å². The fraction of sp³-hybridized carbons (Fsp3) is 0.320. The fourth-order valence-corrected chi connectivity index (χ4v) is 4.91. The molecule has 1 aliphatic heterocycles. The smallest absolute Gasteiger partial charge is 0.249 e. The molecule has 2 heterocycles. The molecule has 0 radical (unpaired) electrons. The van der Waals surface area contributed by atoms with Gasteiger partial charge in [0.25, 0.3) is 0 Å². The van der Waals surface area contributed by atoms with Crippen LogP contribution in [0.2, 0.25) is 0 Å². The van der Waals surface area contributed by atoms with Gasteiger partial charge in [-0.05, 0) is 65.7 Å². The Morgan fingerprint density at radius 2 is 1.90 bits per heavy atom. The molecule has 0 saturated carbocycles. The highest BCUT2D eigenvalue weighted by Crippen LogP contribution is 2.38. The first-order valence-corrected chi connectivity index (χ1v) is 11.5. The molecule has 0 spiro atoms. The molecular formula is C25H28N2O3S. The lowest BCUT2D eigenvalue weighted by Gasteiger charge is -2.36. The van der Waals surface area contributed by atoms with Crippen LogP contribution in [0, 0.1) is 0 Å². The molecule has 3 aromatic rings. The molecule has 0 bridgehead atoms. The van der Waals surface area contributed by atoms with Crippen molar-refractivity contribution in [2.75, 3.05) is 32.2 Å². The van der Waals surface area contributed by atoms with E-state index in [9.17, 15) is 4.79 Å². The van der Waals surface area contributed by atoms with Crippen molar-refractivity contribution in [1.82, 2.24) is 4.90 Å². The van der Waals surface area contributed by atoms with E-state index >= 15 is 0 Å². The number of benzene rings is 2. The second-order valence-corrected chi connectivity index (χ2v) is 8.52. The van der Waals surface area contributed by atoms with Gasteiger partial charge in [0.1, 0.15) is 12.4 Å². The molecule has 4 rings (SSSR count). The maximum Gasteiger partial charge on any atom is 0.249 e. The largest absolute Gasteiger partial charge is 0.494 e. The Balaban J connectivity index is 1.47. The summed E-state index contributed by atoms with van der Waals surface area (Å²) in [5, 5.41) is 5.59. The van der Waals surface area contributed by atoms with Crippen LogP contribution in [0.5, 0.6) is 5.75 Å².